The maximum Gasteiger partial charge on any atom is 0.339 e. The van der Waals surface area contributed by atoms with Gasteiger partial charge >= 0.3 is 12.0 Å². The summed E-state index contributed by atoms with van der Waals surface area (Å²) in [6.07, 6.45) is 1.44. The maximum atomic E-state index is 12.3. The average Bonchev–Trinajstić information content (AvgIpc) is 2.96. The number of rotatable bonds is 3. The Labute approximate surface area is 161 Å². The van der Waals surface area contributed by atoms with Crippen LogP contribution in [0.5, 0.6) is 0 Å². The standard InChI is InChI=1S/C20H19N3O5/c1-11-9-13(10-15-17(24)21-20(27)22(3)18(15)25)12(2)23(11)16-8-6-5-7-14(16)19(26)28-4/h5-10H,1-4H3,(H,21,24,27)/b15-10+. The number of nitrogens with one attached hydrogen (secondary N) is 1. The molecule has 1 aromatic heterocycles. The number of esters is 1. The van der Waals surface area contributed by atoms with Crippen molar-refractivity contribution < 1.29 is 23.9 Å². The zero-order valence-corrected chi connectivity index (χ0v) is 15.9. The number of amides is 4. The molecule has 4 amide bonds. The zero-order valence-electron chi connectivity index (χ0n) is 15.9. The minimum Gasteiger partial charge on any atom is -0.465 e. The molecule has 28 heavy (non-hydrogen) atoms. The Morgan fingerprint density at radius 1 is 1.14 bits per heavy atom. The molecule has 1 aromatic carbocycles. The van der Waals surface area contributed by atoms with E-state index in [2.05, 4.69) is 5.32 Å². The molecule has 8 heteroatoms. The fraction of sp³-hybridized carbons (Fsp3) is 0.200. The largest absolute Gasteiger partial charge is 0.465 e. The predicted molar refractivity (Wildman–Crippen MR) is 101 cm³/mol. The Bertz CT molecular complexity index is 1050. The first kappa shape index (κ1) is 19.1. The number of hydrogen-bond acceptors (Lipinski definition) is 5. The number of aryl methyl sites for hydroxylation is 1. The van der Waals surface area contributed by atoms with Crippen molar-refractivity contribution in [2.75, 3.05) is 14.2 Å². The number of nitrogens with zero attached hydrogens (tertiary/aromatic N) is 2. The van der Waals surface area contributed by atoms with Gasteiger partial charge in [0.2, 0.25) is 0 Å². The molecule has 1 N–H and O–H groups in total. The summed E-state index contributed by atoms with van der Waals surface area (Å²) in [6.45, 7) is 3.66. The summed E-state index contributed by atoms with van der Waals surface area (Å²) in [4.78, 5) is 48.9. The Kier molecular flexibility index (Phi) is 4.87. The second kappa shape index (κ2) is 7.15. The number of ether oxygens (including phenoxy) is 1. The van der Waals surface area contributed by atoms with Gasteiger partial charge in [-0.15, -0.1) is 0 Å². The number of benzene rings is 1. The first-order valence-electron chi connectivity index (χ1n) is 8.48. The van der Waals surface area contributed by atoms with E-state index in [1.807, 2.05) is 18.4 Å². The first-order chi connectivity index (χ1) is 13.3. The molecule has 1 aliphatic heterocycles. The van der Waals surface area contributed by atoms with E-state index >= 15 is 0 Å². The van der Waals surface area contributed by atoms with Crippen molar-refractivity contribution >= 4 is 29.9 Å². The van der Waals surface area contributed by atoms with Gasteiger partial charge in [0.05, 0.1) is 18.4 Å². The minimum atomic E-state index is -0.760. The molecule has 144 valence electrons. The number of urea groups is 1. The number of methoxy groups -OCH3 is 1. The number of aromatic nitrogens is 1. The summed E-state index contributed by atoms with van der Waals surface area (Å²) in [5, 5.41) is 2.12. The predicted octanol–water partition coefficient (Wildman–Crippen LogP) is 1.97. The first-order valence-corrected chi connectivity index (χ1v) is 8.48. The van der Waals surface area contributed by atoms with E-state index in [9.17, 15) is 19.2 Å². The highest BCUT2D eigenvalue weighted by Crippen LogP contribution is 2.26. The Hall–Kier alpha value is -3.68. The number of barbiturate groups is 1. The van der Waals surface area contributed by atoms with Crippen LogP contribution in [0.1, 0.15) is 27.3 Å². The number of imide groups is 2. The molecule has 0 radical (unpaired) electrons. The summed E-state index contributed by atoms with van der Waals surface area (Å²) in [6, 6.07) is 8.03. The molecule has 0 saturated carbocycles. The molecular weight excluding hydrogens is 362 g/mol. The lowest BCUT2D eigenvalue weighted by Gasteiger charge is -2.22. The molecule has 2 aromatic rings. The molecule has 1 aliphatic rings. The van der Waals surface area contributed by atoms with Crippen LogP contribution >= 0.6 is 0 Å². The van der Waals surface area contributed by atoms with Crippen LogP contribution in [0.4, 0.5) is 4.79 Å². The van der Waals surface area contributed by atoms with Crippen molar-refractivity contribution in [1.29, 1.82) is 0 Å². The van der Waals surface area contributed by atoms with Gasteiger partial charge in [0.25, 0.3) is 11.8 Å². The zero-order chi connectivity index (χ0) is 20.6. The van der Waals surface area contributed by atoms with Gasteiger partial charge in [-0.3, -0.25) is 19.8 Å². The summed E-state index contributed by atoms with van der Waals surface area (Å²) in [5.74, 6) is -1.88. The lowest BCUT2D eigenvalue weighted by Crippen LogP contribution is -2.52. The molecule has 2 heterocycles. The molecule has 1 saturated heterocycles. The number of carbonyl (C=O) groups excluding carboxylic acids is 4. The summed E-state index contributed by atoms with van der Waals surface area (Å²) < 4.78 is 6.70. The molecular formula is C20H19N3O5. The van der Waals surface area contributed by atoms with Crippen LogP contribution in [-0.2, 0) is 14.3 Å². The van der Waals surface area contributed by atoms with Crippen LogP contribution < -0.4 is 5.32 Å². The van der Waals surface area contributed by atoms with Gasteiger partial charge in [-0.25, -0.2) is 9.59 Å². The van der Waals surface area contributed by atoms with E-state index in [1.165, 1.54) is 20.2 Å². The van der Waals surface area contributed by atoms with Crippen LogP contribution in [0.2, 0.25) is 0 Å². The fourth-order valence-electron chi connectivity index (χ4n) is 3.16. The van der Waals surface area contributed by atoms with Crippen LogP contribution in [0.25, 0.3) is 11.8 Å². The lowest BCUT2D eigenvalue weighted by molar-refractivity contribution is -0.129. The maximum absolute atomic E-state index is 12.3. The SMILES string of the molecule is COC(=O)c1ccccc1-n1c(C)cc(/C=C2\C(=O)NC(=O)N(C)C2=O)c1C. The van der Waals surface area contributed by atoms with Gasteiger partial charge in [0.1, 0.15) is 5.57 Å². The van der Waals surface area contributed by atoms with Crippen LogP contribution in [0, 0.1) is 13.8 Å². The smallest absolute Gasteiger partial charge is 0.339 e. The topological polar surface area (TPSA) is 97.7 Å². The second-order valence-corrected chi connectivity index (χ2v) is 6.35. The van der Waals surface area contributed by atoms with Crippen LogP contribution in [0.3, 0.4) is 0 Å². The summed E-state index contributed by atoms with van der Waals surface area (Å²) in [5.41, 5.74) is 3.03. The molecule has 0 spiro atoms. The van der Waals surface area contributed by atoms with E-state index < -0.39 is 23.8 Å². The highest BCUT2D eigenvalue weighted by atomic mass is 16.5. The van der Waals surface area contributed by atoms with Crippen molar-refractivity contribution in [2.45, 2.75) is 13.8 Å². The number of carbonyl (C=O) groups is 4. The Balaban J connectivity index is 2.12. The van der Waals surface area contributed by atoms with Crippen LogP contribution in [-0.4, -0.2) is 47.4 Å². The molecule has 0 bridgehead atoms. The highest BCUT2D eigenvalue weighted by Gasteiger charge is 2.33. The second-order valence-electron chi connectivity index (χ2n) is 6.35. The Morgan fingerprint density at radius 2 is 1.82 bits per heavy atom. The van der Waals surface area contributed by atoms with Gasteiger partial charge in [0, 0.05) is 18.4 Å². The van der Waals surface area contributed by atoms with Crippen LogP contribution in [0.15, 0.2) is 35.9 Å². The molecule has 8 nitrogen and oxygen atoms in total. The van der Waals surface area contributed by atoms with E-state index in [0.29, 0.717) is 16.8 Å². The Morgan fingerprint density at radius 3 is 2.50 bits per heavy atom. The molecule has 3 rings (SSSR count). The van der Waals surface area contributed by atoms with Gasteiger partial charge in [0.15, 0.2) is 0 Å². The number of para-hydroxylation sites is 1. The van der Waals surface area contributed by atoms with E-state index in [0.717, 1.165) is 16.3 Å². The van der Waals surface area contributed by atoms with Crippen molar-refractivity contribution in [1.82, 2.24) is 14.8 Å². The minimum absolute atomic E-state index is 0.136. The normalized spacial score (nSPS) is 15.8. The number of hydrogen-bond donors (Lipinski definition) is 1. The molecule has 0 atom stereocenters. The number of likely N-dealkylation sites (N-methyl/N-ethyl adjacent to an activating group) is 1. The third-order valence-electron chi connectivity index (χ3n) is 4.63. The van der Waals surface area contributed by atoms with Gasteiger partial charge in [-0.2, -0.15) is 0 Å². The van der Waals surface area contributed by atoms with E-state index in [4.69, 9.17) is 4.74 Å². The van der Waals surface area contributed by atoms with Gasteiger partial charge in [-0.05, 0) is 43.7 Å². The lowest BCUT2D eigenvalue weighted by atomic mass is 10.1. The van der Waals surface area contributed by atoms with E-state index in [-0.39, 0.29) is 5.57 Å². The fourth-order valence-corrected chi connectivity index (χ4v) is 3.16. The van der Waals surface area contributed by atoms with Crippen molar-refractivity contribution in [3.63, 3.8) is 0 Å². The molecule has 1 fully saturated rings. The van der Waals surface area contributed by atoms with Crippen molar-refractivity contribution in [3.8, 4) is 5.69 Å². The van der Waals surface area contributed by atoms with Gasteiger partial charge in [-0.1, -0.05) is 12.1 Å². The molecule has 0 unspecified atom stereocenters. The highest BCUT2D eigenvalue weighted by molar-refractivity contribution is 6.30. The van der Waals surface area contributed by atoms with Crippen molar-refractivity contribution in [3.05, 3.63) is 58.4 Å². The third kappa shape index (κ3) is 3.09. The summed E-state index contributed by atoms with van der Waals surface area (Å²) in [7, 11) is 2.61. The monoisotopic (exact) mass is 381 g/mol. The van der Waals surface area contributed by atoms with E-state index in [1.54, 1.807) is 30.3 Å². The van der Waals surface area contributed by atoms with Crippen molar-refractivity contribution in [2.24, 2.45) is 0 Å². The third-order valence-corrected chi connectivity index (χ3v) is 4.63. The summed E-state index contributed by atoms with van der Waals surface area (Å²) >= 11 is 0. The van der Waals surface area contributed by atoms with Gasteiger partial charge < -0.3 is 9.30 Å². The average molecular weight is 381 g/mol. The quantitative estimate of drug-likeness (QED) is 0.498. The molecule has 0 aliphatic carbocycles.